The van der Waals surface area contributed by atoms with Crippen molar-refractivity contribution in [2.75, 3.05) is 0 Å². The summed E-state index contributed by atoms with van der Waals surface area (Å²) in [5.74, 6) is -0.530. The molecule has 2 aromatic carbocycles. The Morgan fingerprint density at radius 2 is 1.89 bits per heavy atom. The van der Waals surface area contributed by atoms with Gasteiger partial charge in [0.15, 0.2) is 10.6 Å². The Bertz CT molecular complexity index is 1270. The maximum atomic E-state index is 12.7. The predicted molar refractivity (Wildman–Crippen MR) is 101 cm³/mol. The molecule has 8 nitrogen and oxygen atoms in total. The minimum Gasteiger partial charge on any atom is -0.478 e. The van der Waals surface area contributed by atoms with Gasteiger partial charge in [0.25, 0.3) is 5.56 Å². The van der Waals surface area contributed by atoms with Crippen molar-refractivity contribution in [1.82, 2.24) is 24.5 Å². The first-order valence-corrected chi connectivity index (χ1v) is 8.40. The number of carboxylic acid groups (broad SMARTS) is 1. The summed E-state index contributed by atoms with van der Waals surface area (Å²) >= 11 is 5.29. The number of nitrogens with one attached hydrogen (secondary N) is 1. The van der Waals surface area contributed by atoms with Crippen LogP contribution in [0, 0.1) is 4.77 Å². The predicted octanol–water partition coefficient (Wildman–Crippen LogP) is 2.39. The fraction of sp³-hybridized carbons (Fsp3) is 0.0556. The summed E-state index contributed by atoms with van der Waals surface area (Å²) in [6, 6.07) is 13.5. The zero-order valence-electron chi connectivity index (χ0n) is 13.9. The van der Waals surface area contributed by atoms with Gasteiger partial charge in [0, 0.05) is 11.1 Å². The maximum absolute atomic E-state index is 12.7. The normalized spacial score (nSPS) is 11.0. The summed E-state index contributed by atoms with van der Waals surface area (Å²) in [6.07, 6.45) is 1.63. The van der Waals surface area contributed by atoms with Crippen molar-refractivity contribution in [2.45, 2.75) is 6.54 Å². The summed E-state index contributed by atoms with van der Waals surface area (Å²) < 4.78 is 3.29. The fourth-order valence-corrected chi connectivity index (χ4v) is 3.09. The zero-order valence-corrected chi connectivity index (χ0v) is 14.7. The molecular formula is C18H13N5O3S. The topological polar surface area (TPSA) is 106 Å². The molecule has 9 heteroatoms. The average Bonchev–Trinajstić information content (AvgIpc) is 3.04. The highest BCUT2D eigenvalue weighted by Crippen LogP contribution is 2.14. The number of carbonyl (C=O) groups is 1. The molecule has 2 heterocycles. The third-order valence-corrected chi connectivity index (χ3v) is 4.44. The number of aromatic amines is 1. The van der Waals surface area contributed by atoms with E-state index in [1.54, 1.807) is 35.0 Å². The Labute approximate surface area is 157 Å². The minimum absolute atomic E-state index is 0.109. The van der Waals surface area contributed by atoms with Gasteiger partial charge in [-0.2, -0.15) is 10.2 Å². The maximum Gasteiger partial charge on any atom is 0.335 e. The van der Waals surface area contributed by atoms with E-state index >= 15 is 0 Å². The van der Waals surface area contributed by atoms with Crippen molar-refractivity contribution in [3.05, 3.63) is 81.2 Å². The molecule has 0 aliphatic rings. The van der Waals surface area contributed by atoms with Gasteiger partial charge < -0.3 is 5.11 Å². The van der Waals surface area contributed by atoms with Crippen LogP contribution < -0.4 is 5.56 Å². The molecule has 0 aliphatic carbocycles. The molecule has 0 aliphatic heterocycles. The first kappa shape index (κ1) is 16.9. The molecule has 0 atom stereocenters. The molecule has 0 saturated heterocycles. The second kappa shape index (κ2) is 6.61. The second-order valence-electron chi connectivity index (χ2n) is 5.83. The second-order valence-corrected chi connectivity index (χ2v) is 6.21. The van der Waals surface area contributed by atoms with Crippen LogP contribution in [0.5, 0.6) is 0 Å². The molecular weight excluding hydrogens is 366 g/mol. The molecule has 0 radical (unpaired) electrons. The highest BCUT2D eigenvalue weighted by molar-refractivity contribution is 7.71. The number of benzene rings is 2. The van der Waals surface area contributed by atoms with E-state index < -0.39 is 5.97 Å². The third-order valence-electron chi connectivity index (χ3n) is 4.17. The Morgan fingerprint density at radius 3 is 2.63 bits per heavy atom. The van der Waals surface area contributed by atoms with Gasteiger partial charge in [-0.15, -0.1) is 0 Å². The van der Waals surface area contributed by atoms with Crippen LogP contribution in [-0.4, -0.2) is 35.6 Å². The number of fused-ring (bicyclic) bond motifs is 1. The van der Waals surface area contributed by atoms with Crippen LogP contribution in [0.2, 0.25) is 0 Å². The lowest BCUT2D eigenvalue weighted by Crippen LogP contribution is -2.24. The Hall–Kier alpha value is -3.59. The van der Waals surface area contributed by atoms with E-state index in [4.69, 9.17) is 17.3 Å². The van der Waals surface area contributed by atoms with Crippen LogP contribution in [0.25, 0.3) is 16.5 Å². The van der Waals surface area contributed by atoms with E-state index in [0.717, 1.165) is 5.39 Å². The summed E-state index contributed by atoms with van der Waals surface area (Å²) in [7, 11) is 0. The summed E-state index contributed by atoms with van der Waals surface area (Å²) in [4.78, 5) is 23.7. The van der Waals surface area contributed by atoms with Crippen molar-refractivity contribution in [2.24, 2.45) is 0 Å². The molecule has 27 heavy (non-hydrogen) atoms. The van der Waals surface area contributed by atoms with Crippen LogP contribution in [0.3, 0.4) is 0 Å². The SMILES string of the molecule is O=C(O)c1ccc(-n2c(Cn3ncc4ccccc4c3=O)n[nH]c2=S)cc1. The number of aromatic nitrogens is 5. The van der Waals surface area contributed by atoms with Crippen molar-refractivity contribution in [3.8, 4) is 5.69 Å². The largest absolute Gasteiger partial charge is 0.478 e. The molecule has 2 aromatic heterocycles. The van der Waals surface area contributed by atoms with Gasteiger partial charge in [-0.3, -0.25) is 14.5 Å². The highest BCUT2D eigenvalue weighted by atomic mass is 32.1. The quantitative estimate of drug-likeness (QED) is 0.528. The highest BCUT2D eigenvalue weighted by Gasteiger charge is 2.12. The standard InChI is InChI=1S/C18H13N5O3S/c24-16-14-4-2-1-3-12(14)9-19-22(16)10-15-20-21-18(27)23(15)13-7-5-11(6-8-13)17(25)26/h1-9H,10H2,(H,21,27)(H,25,26). The monoisotopic (exact) mass is 379 g/mol. The molecule has 0 spiro atoms. The van der Waals surface area contributed by atoms with E-state index in [1.165, 1.54) is 16.8 Å². The van der Waals surface area contributed by atoms with Gasteiger partial charge in [0.05, 0.1) is 17.1 Å². The van der Waals surface area contributed by atoms with Crippen LogP contribution >= 0.6 is 12.2 Å². The van der Waals surface area contributed by atoms with Gasteiger partial charge >= 0.3 is 5.97 Å². The van der Waals surface area contributed by atoms with Gasteiger partial charge in [-0.1, -0.05) is 18.2 Å². The molecule has 2 N–H and O–H groups in total. The zero-order chi connectivity index (χ0) is 19.0. The lowest BCUT2D eigenvalue weighted by molar-refractivity contribution is 0.0697. The number of hydrogen-bond donors (Lipinski definition) is 2. The Kier molecular flexibility index (Phi) is 4.13. The van der Waals surface area contributed by atoms with E-state index in [-0.39, 0.29) is 17.7 Å². The molecule has 0 unspecified atom stereocenters. The van der Waals surface area contributed by atoms with Crippen LogP contribution in [0.15, 0.2) is 59.5 Å². The van der Waals surface area contributed by atoms with Crippen LogP contribution in [0.4, 0.5) is 0 Å². The van der Waals surface area contributed by atoms with Crippen LogP contribution in [0.1, 0.15) is 16.2 Å². The van der Waals surface area contributed by atoms with E-state index in [9.17, 15) is 9.59 Å². The van der Waals surface area contributed by atoms with Crippen molar-refractivity contribution >= 4 is 29.0 Å². The van der Waals surface area contributed by atoms with Crippen molar-refractivity contribution in [3.63, 3.8) is 0 Å². The molecule has 4 aromatic rings. The molecule has 0 fully saturated rings. The molecule has 0 bridgehead atoms. The Balaban J connectivity index is 1.76. The van der Waals surface area contributed by atoms with E-state index in [0.29, 0.717) is 21.7 Å². The first-order chi connectivity index (χ1) is 13.0. The average molecular weight is 379 g/mol. The fourth-order valence-electron chi connectivity index (χ4n) is 2.83. The molecule has 0 saturated carbocycles. The summed E-state index contributed by atoms with van der Waals surface area (Å²) in [6.45, 7) is 0.109. The Morgan fingerprint density at radius 1 is 1.15 bits per heavy atom. The van der Waals surface area contributed by atoms with E-state index in [2.05, 4.69) is 15.3 Å². The number of rotatable bonds is 4. The summed E-state index contributed by atoms with van der Waals surface area (Å²) in [5, 5.41) is 21.5. The van der Waals surface area contributed by atoms with Gasteiger partial charge in [-0.25, -0.2) is 9.48 Å². The minimum atomic E-state index is -1.01. The smallest absolute Gasteiger partial charge is 0.335 e. The van der Waals surface area contributed by atoms with Gasteiger partial charge in [-0.05, 0) is 42.5 Å². The summed E-state index contributed by atoms with van der Waals surface area (Å²) in [5.41, 5.74) is 0.583. The van der Waals surface area contributed by atoms with Crippen molar-refractivity contribution < 1.29 is 9.90 Å². The third kappa shape index (κ3) is 3.04. The van der Waals surface area contributed by atoms with E-state index in [1.807, 2.05) is 12.1 Å². The van der Waals surface area contributed by atoms with Gasteiger partial charge in [0.2, 0.25) is 0 Å². The molecule has 134 valence electrons. The van der Waals surface area contributed by atoms with Crippen LogP contribution in [-0.2, 0) is 6.54 Å². The van der Waals surface area contributed by atoms with Gasteiger partial charge in [0.1, 0.15) is 6.54 Å². The lowest BCUT2D eigenvalue weighted by Gasteiger charge is -2.09. The number of aromatic carboxylic acids is 1. The lowest BCUT2D eigenvalue weighted by atomic mass is 10.2. The number of H-pyrrole nitrogens is 1. The number of carboxylic acids is 1. The molecule has 0 amide bonds. The van der Waals surface area contributed by atoms with Crippen molar-refractivity contribution in [1.29, 1.82) is 0 Å². The number of nitrogens with zero attached hydrogens (tertiary/aromatic N) is 4. The number of hydrogen-bond acceptors (Lipinski definition) is 5. The molecule has 4 rings (SSSR count). The first-order valence-electron chi connectivity index (χ1n) is 7.99.